The van der Waals surface area contributed by atoms with Gasteiger partial charge in [-0.2, -0.15) is 0 Å². The zero-order valence-electron chi connectivity index (χ0n) is 12.1. The van der Waals surface area contributed by atoms with E-state index in [0.717, 1.165) is 12.2 Å². The second-order valence-corrected chi connectivity index (χ2v) is 7.02. The molecule has 2 atom stereocenters. The van der Waals surface area contributed by atoms with Gasteiger partial charge in [-0.1, -0.05) is 0 Å². The van der Waals surface area contributed by atoms with Crippen LogP contribution in [-0.2, 0) is 14.8 Å². The van der Waals surface area contributed by atoms with E-state index in [1.165, 1.54) is 0 Å². The molecule has 5 nitrogen and oxygen atoms in total. The number of anilines is 1. The van der Waals surface area contributed by atoms with Crippen LogP contribution in [0, 0.1) is 0 Å². The molecule has 0 aliphatic carbocycles. The molecule has 1 aliphatic rings. The second kappa shape index (κ2) is 5.71. The van der Waals surface area contributed by atoms with Gasteiger partial charge in [0, 0.05) is 18.8 Å². The molecule has 1 aromatic carbocycles. The van der Waals surface area contributed by atoms with Crippen LogP contribution >= 0.6 is 0 Å². The van der Waals surface area contributed by atoms with Crippen LogP contribution in [0.15, 0.2) is 29.2 Å². The van der Waals surface area contributed by atoms with Crippen LogP contribution in [0.2, 0.25) is 0 Å². The maximum Gasteiger partial charge on any atom is 0.241 e. The standard InChI is InChI=1S/C14H22N2O3S/c1-4-15-12-5-7-13(8-6-12)20(17,18)16-14(3)9-10-19-11(14)2/h5-8,11,15-16H,4,9-10H2,1-3H3. The molecule has 1 heterocycles. The van der Waals surface area contributed by atoms with E-state index in [1.54, 1.807) is 24.3 Å². The van der Waals surface area contributed by atoms with Crippen LogP contribution in [0.5, 0.6) is 0 Å². The fourth-order valence-electron chi connectivity index (χ4n) is 2.29. The van der Waals surface area contributed by atoms with Crippen LogP contribution < -0.4 is 10.0 Å². The van der Waals surface area contributed by atoms with E-state index in [0.29, 0.717) is 13.0 Å². The highest BCUT2D eigenvalue weighted by Crippen LogP contribution is 2.27. The van der Waals surface area contributed by atoms with Crippen LogP contribution in [0.3, 0.4) is 0 Å². The van der Waals surface area contributed by atoms with Crippen molar-refractivity contribution in [2.45, 2.75) is 43.7 Å². The summed E-state index contributed by atoms with van der Waals surface area (Å²) < 4.78 is 33.1. The van der Waals surface area contributed by atoms with Crippen molar-refractivity contribution in [2.75, 3.05) is 18.5 Å². The monoisotopic (exact) mass is 298 g/mol. The quantitative estimate of drug-likeness (QED) is 0.872. The topological polar surface area (TPSA) is 67.4 Å². The highest BCUT2D eigenvalue weighted by Gasteiger charge is 2.40. The van der Waals surface area contributed by atoms with Crippen molar-refractivity contribution >= 4 is 15.7 Å². The molecule has 0 saturated carbocycles. The van der Waals surface area contributed by atoms with E-state index in [2.05, 4.69) is 10.0 Å². The van der Waals surface area contributed by atoms with Crippen molar-refractivity contribution in [2.24, 2.45) is 0 Å². The Balaban J connectivity index is 2.18. The van der Waals surface area contributed by atoms with E-state index in [-0.39, 0.29) is 11.0 Å². The van der Waals surface area contributed by atoms with Crippen molar-refractivity contribution in [1.29, 1.82) is 0 Å². The largest absolute Gasteiger partial charge is 0.385 e. The molecule has 1 fully saturated rings. The Morgan fingerprint density at radius 1 is 1.35 bits per heavy atom. The van der Waals surface area contributed by atoms with Gasteiger partial charge in [0.05, 0.1) is 16.5 Å². The van der Waals surface area contributed by atoms with Crippen molar-refractivity contribution in [3.63, 3.8) is 0 Å². The lowest BCUT2D eigenvalue weighted by Crippen LogP contribution is -2.50. The summed E-state index contributed by atoms with van der Waals surface area (Å²) in [6, 6.07) is 6.78. The zero-order valence-corrected chi connectivity index (χ0v) is 13.0. The molecule has 0 bridgehead atoms. The lowest BCUT2D eigenvalue weighted by molar-refractivity contribution is 0.0957. The third-order valence-corrected chi connectivity index (χ3v) is 5.43. The van der Waals surface area contributed by atoms with Crippen LogP contribution in [-0.4, -0.2) is 33.2 Å². The lowest BCUT2D eigenvalue weighted by Gasteiger charge is -2.28. The Hall–Kier alpha value is -1.11. The first-order valence-corrected chi connectivity index (χ1v) is 8.35. The third kappa shape index (κ3) is 3.13. The molecule has 1 saturated heterocycles. The Morgan fingerprint density at radius 3 is 2.50 bits per heavy atom. The molecular weight excluding hydrogens is 276 g/mol. The van der Waals surface area contributed by atoms with E-state index in [4.69, 9.17) is 4.74 Å². The molecule has 2 unspecified atom stereocenters. The summed E-state index contributed by atoms with van der Waals surface area (Å²) in [6.45, 7) is 7.16. The number of benzene rings is 1. The molecule has 6 heteroatoms. The molecular formula is C14H22N2O3S. The molecule has 1 aliphatic heterocycles. The van der Waals surface area contributed by atoms with Gasteiger partial charge in [-0.15, -0.1) is 0 Å². The highest BCUT2D eigenvalue weighted by atomic mass is 32.2. The summed E-state index contributed by atoms with van der Waals surface area (Å²) in [4.78, 5) is 0.277. The van der Waals surface area contributed by atoms with E-state index >= 15 is 0 Å². The van der Waals surface area contributed by atoms with Gasteiger partial charge < -0.3 is 10.1 Å². The Morgan fingerprint density at radius 2 is 2.00 bits per heavy atom. The summed E-state index contributed by atoms with van der Waals surface area (Å²) in [5.41, 5.74) is 0.370. The van der Waals surface area contributed by atoms with E-state index < -0.39 is 15.6 Å². The first-order valence-electron chi connectivity index (χ1n) is 6.87. The fraction of sp³-hybridized carbons (Fsp3) is 0.571. The third-order valence-electron chi connectivity index (χ3n) is 3.80. The average Bonchev–Trinajstić information content (AvgIpc) is 2.69. The predicted octanol–water partition coefficient (Wildman–Crippen LogP) is 1.96. The van der Waals surface area contributed by atoms with Gasteiger partial charge in [0.1, 0.15) is 0 Å². The summed E-state index contributed by atoms with van der Waals surface area (Å²) in [5.74, 6) is 0. The number of ether oxygens (including phenoxy) is 1. The Labute approximate surface area is 120 Å². The predicted molar refractivity (Wildman–Crippen MR) is 79.4 cm³/mol. The Bertz CT molecular complexity index is 556. The molecule has 1 aromatic rings. The number of hydrogen-bond acceptors (Lipinski definition) is 4. The number of nitrogens with one attached hydrogen (secondary N) is 2. The first-order chi connectivity index (χ1) is 9.37. The van der Waals surface area contributed by atoms with Gasteiger partial charge in [0.2, 0.25) is 10.0 Å². The minimum Gasteiger partial charge on any atom is -0.385 e. The summed E-state index contributed by atoms with van der Waals surface area (Å²) >= 11 is 0. The normalized spacial score (nSPS) is 26.6. The Kier molecular flexibility index (Phi) is 4.36. The zero-order chi connectivity index (χ0) is 14.8. The van der Waals surface area contributed by atoms with Gasteiger partial charge in [0.15, 0.2) is 0 Å². The average molecular weight is 298 g/mol. The maximum atomic E-state index is 12.4. The summed E-state index contributed by atoms with van der Waals surface area (Å²) in [6.07, 6.45) is 0.557. The SMILES string of the molecule is CCNc1ccc(S(=O)(=O)NC2(C)CCOC2C)cc1. The summed E-state index contributed by atoms with van der Waals surface area (Å²) in [7, 11) is -3.52. The second-order valence-electron chi connectivity index (χ2n) is 5.34. The molecule has 2 rings (SSSR count). The van der Waals surface area contributed by atoms with Crippen LogP contribution in [0.1, 0.15) is 27.2 Å². The lowest BCUT2D eigenvalue weighted by atomic mass is 9.97. The number of rotatable bonds is 5. The summed E-state index contributed by atoms with van der Waals surface area (Å²) in [5, 5.41) is 3.14. The smallest absolute Gasteiger partial charge is 0.241 e. The highest BCUT2D eigenvalue weighted by molar-refractivity contribution is 7.89. The van der Waals surface area contributed by atoms with E-state index in [9.17, 15) is 8.42 Å². The molecule has 2 N–H and O–H groups in total. The molecule has 0 aromatic heterocycles. The molecule has 0 radical (unpaired) electrons. The minimum atomic E-state index is -3.52. The van der Waals surface area contributed by atoms with Gasteiger partial charge >= 0.3 is 0 Å². The van der Waals surface area contributed by atoms with Gasteiger partial charge in [-0.05, 0) is 51.5 Å². The molecule has 20 heavy (non-hydrogen) atoms. The molecule has 0 amide bonds. The van der Waals surface area contributed by atoms with Gasteiger partial charge in [-0.3, -0.25) is 0 Å². The van der Waals surface area contributed by atoms with Crippen molar-refractivity contribution < 1.29 is 13.2 Å². The van der Waals surface area contributed by atoms with Crippen LogP contribution in [0.4, 0.5) is 5.69 Å². The molecule has 0 spiro atoms. The first kappa shape index (κ1) is 15.3. The van der Waals surface area contributed by atoms with Gasteiger partial charge in [0.25, 0.3) is 0 Å². The molecule has 112 valence electrons. The van der Waals surface area contributed by atoms with Gasteiger partial charge in [-0.25, -0.2) is 13.1 Å². The number of hydrogen-bond donors (Lipinski definition) is 2. The van der Waals surface area contributed by atoms with Crippen molar-refractivity contribution in [3.8, 4) is 0 Å². The van der Waals surface area contributed by atoms with E-state index in [1.807, 2.05) is 20.8 Å². The van der Waals surface area contributed by atoms with Crippen molar-refractivity contribution in [1.82, 2.24) is 4.72 Å². The minimum absolute atomic E-state index is 0.127. The van der Waals surface area contributed by atoms with Crippen LogP contribution in [0.25, 0.3) is 0 Å². The fourth-order valence-corrected chi connectivity index (χ4v) is 3.79. The number of sulfonamides is 1. The maximum absolute atomic E-state index is 12.4. The van der Waals surface area contributed by atoms with Crippen molar-refractivity contribution in [3.05, 3.63) is 24.3 Å².